The lowest BCUT2D eigenvalue weighted by Gasteiger charge is -1.95. The van der Waals surface area contributed by atoms with Crippen molar-refractivity contribution in [3.8, 4) is 0 Å². The Balaban J connectivity index is 2.86. The average molecular weight is 211 g/mol. The average Bonchev–Trinajstić information content (AvgIpc) is 2.43. The molecule has 0 radical (unpaired) electrons. The molecule has 0 aliphatic carbocycles. The van der Waals surface area contributed by atoms with Crippen molar-refractivity contribution in [3.05, 3.63) is 33.7 Å². The number of halogens is 1. The van der Waals surface area contributed by atoms with Crippen LogP contribution in [-0.4, -0.2) is 0 Å². The van der Waals surface area contributed by atoms with E-state index in [1.54, 1.807) is 11.3 Å². The van der Waals surface area contributed by atoms with Crippen molar-refractivity contribution < 1.29 is 0 Å². The molecular weight excluding hydrogens is 200 g/mol. The molecule has 0 fully saturated rings. The molecule has 1 heterocycles. The first-order valence-corrected chi connectivity index (χ1v) is 5.60. The van der Waals surface area contributed by atoms with Gasteiger partial charge in [-0.05, 0) is 30.4 Å². The summed E-state index contributed by atoms with van der Waals surface area (Å²) in [5.74, 6) is 0. The molecule has 2 rings (SSSR count). The van der Waals surface area contributed by atoms with Crippen LogP contribution in [0.25, 0.3) is 10.1 Å². The predicted octanol–water partition coefficient (Wildman–Crippen LogP) is 4.43. The van der Waals surface area contributed by atoms with Crippen LogP contribution in [0, 0.1) is 6.92 Å². The molecule has 0 saturated carbocycles. The summed E-state index contributed by atoms with van der Waals surface area (Å²) >= 11 is 7.91. The minimum atomic E-state index is 0.880. The van der Waals surface area contributed by atoms with Gasteiger partial charge in [0.05, 0.1) is 9.72 Å². The Morgan fingerprint density at radius 3 is 2.85 bits per heavy atom. The molecule has 1 aromatic heterocycles. The Labute approximate surface area is 87.2 Å². The van der Waals surface area contributed by atoms with Crippen LogP contribution in [0.5, 0.6) is 0 Å². The van der Waals surface area contributed by atoms with E-state index in [4.69, 9.17) is 11.6 Å². The monoisotopic (exact) mass is 210 g/mol. The summed E-state index contributed by atoms with van der Waals surface area (Å²) in [4.78, 5) is 1.39. The standard InChI is InChI=1S/C11H11ClS/c1-3-8-7(2)13-11-9(8)5-4-6-10(11)12/h4-6H,3H2,1-2H3. The van der Waals surface area contributed by atoms with Gasteiger partial charge in [-0.15, -0.1) is 11.3 Å². The molecule has 0 aliphatic rings. The Morgan fingerprint density at radius 2 is 2.15 bits per heavy atom. The topological polar surface area (TPSA) is 0 Å². The summed E-state index contributed by atoms with van der Waals surface area (Å²) < 4.78 is 1.23. The van der Waals surface area contributed by atoms with Crippen molar-refractivity contribution in [2.24, 2.45) is 0 Å². The zero-order valence-corrected chi connectivity index (χ0v) is 9.30. The van der Waals surface area contributed by atoms with Crippen LogP contribution in [0.4, 0.5) is 0 Å². The van der Waals surface area contributed by atoms with Gasteiger partial charge in [-0.3, -0.25) is 0 Å². The molecule has 0 aliphatic heterocycles. The summed E-state index contributed by atoms with van der Waals surface area (Å²) in [6.45, 7) is 4.36. The van der Waals surface area contributed by atoms with Crippen molar-refractivity contribution in [2.75, 3.05) is 0 Å². The van der Waals surface area contributed by atoms with Crippen LogP contribution in [0.15, 0.2) is 18.2 Å². The second kappa shape index (κ2) is 3.32. The summed E-state index contributed by atoms with van der Waals surface area (Å²) in [7, 11) is 0. The predicted molar refractivity (Wildman–Crippen MR) is 61.0 cm³/mol. The van der Waals surface area contributed by atoms with Crippen LogP contribution in [0.2, 0.25) is 5.02 Å². The fourth-order valence-corrected chi connectivity index (χ4v) is 3.13. The van der Waals surface area contributed by atoms with E-state index in [2.05, 4.69) is 19.9 Å². The molecule has 0 unspecified atom stereocenters. The van der Waals surface area contributed by atoms with Gasteiger partial charge >= 0.3 is 0 Å². The summed E-state index contributed by atoms with van der Waals surface area (Å²) in [6.07, 6.45) is 1.09. The van der Waals surface area contributed by atoms with E-state index >= 15 is 0 Å². The molecule has 13 heavy (non-hydrogen) atoms. The molecule has 0 saturated heterocycles. The quantitative estimate of drug-likeness (QED) is 0.654. The van der Waals surface area contributed by atoms with Crippen LogP contribution >= 0.6 is 22.9 Å². The summed E-state index contributed by atoms with van der Waals surface area (Å²) in [5, 5.41) is 2.21. The van der Waals surface area contributed by atoms with E-state index in [-0.39, 0.29) is 0 Å². The maximum absolute atomic E-state index is 6.11. The number of thiophene rings is 1. The molecule has 2 heteroatoms. The lowest BCUT2D eigenvalue weighted by Crippen LogP contribution is -1.78. The molecule has 2 aromatic rings. The van der Waals surface area contributed by atoms with E-state index in [1.807, 2.05) is 12.1 Å². The molecule has 0 atom stereocenters. The van der Waals surface area contributed by atoms with Gasteiger partial charge in [0.1, 0.15) is 0 Å². The lowest BCUT2D eigenvalue weighted by molar-refractivity contribution is 1.15. The van der Waals surface area contributed by atoms with Crippen LogP contribution in [-0.2, 0) is 6.42 Å². The minimum absolute atomic E-state index is 0.880. The highest BCUT2D eigenvalue weighted by molar-refractivity contribution is 7.19. The third-order valence-electron chi connectivity index (χ3n) is 2.33. The fraction of sp³-hybridized carbons (Fsp3) is 0.273. The molecule has 0 nitrogen and oxygen atoms in total. The van der Waals surface area contributed by atoms with Gasteiger partial charge in [-0.1, -0.05) is 30.7 Å². The highest BCUT2D eigenvalue weighted by Gasteiger charge is 2.08. The van der Waals surface area contributed by atoms with E-state index in [0.29, 0.717) is 0 Å². The Hall–Kier alpha value is -0.530. The highest BCUT2D eigenvalue weighted by Crippen LogP contribution is 2.35. The summed E-state index contributed by atoms with van der Waals surface area (Å²) in [5.41, 5.74) is 1.45. The van der Waals surface area contributed by atoms with Gasteiger partial charge in [0.15, 0.2) is 0 Å². The molecule has 0 bridgehead atoms. The third-order valence-corrected chi connectivity index (χ3v) is 3.95. The number of fused-ring (bicyclic) bond motifs is 1. The van der Waals surface area contributed by atoms with Gasteiger partial charge in [-0.25, -0.2) is 0 Å². The SMILES string of the molecule is CCc1c(C)sc2c(Cl)cccc12. The number of aryl methyl sites for hydroxylation is 2. The van der Waals surface area contributed by atoms with Crippen molar-refractivity contribution in [1.82, 2.24) is 0 Å². The second-order valence-corrected chi connectivity index (χ2v) is 4.74. The largest absolute Gasteiger partial charge is 0.139 e. The highest BCUT2D eigenvalue weighted by atomic mass is 35.5. The van der Waals surface area contributed by atoms with Crippen molar-refractivity contribution in [2.45, 2.75) is 20.3 Å². The van der Waals surface area contributed by atoms with E-state index in [0.717, 1.165) is 11.4 Å². The summed E-state index contributed by atoms with van der Waals surface area (Å²) in [6, 6.07) is 6.14. The van der Waals surface area contributed by atoms with Gasteiger partial charge in [0, 0.05) is 4.88 Å². The van der Waals surface area contributed by atoms with Crippen molar-refractivity contribution in [1.29, 1.82) is 0 Å². The molecule has 0 amide bonds. The molecule has 1 aromatic carbocycles. The van der Waals surface area contributed by atoms with Crippen molar-refractivity contribution >= 4 is 33.0 Å². The van der Waals surface area contributed by atoms with Crippen LogP contribution in [0.1, 0.15) is 17.4 Å². The first kappa shape index (κ1) is 9.04. The first-order valence-electron chi connectivity index (χ1n) is 4.40. The Kier molecular flexibility index (Phi) is 2.31. The molecular formula is C11H11ClS. The van der Waals surface area contributed by atoms with E-state index < -0.39 is 0 Å². The maximum Gasteiger partial charge on any atom is 0.0584 e. The number of hydrogen-bond acceptors (Lipinski definition) is 1. The maximum atomic E-state index is 6.11. The van der Waals surface area contributed by atoms with Gasteiger partial charge in [0.25, 0.3) is 0 Å². The fourth-order valence-electron chi connectivity index (χ4n) is 1.69. The Morgan fingerprint density at radius 1 is 1.38 bits per heavy atom. The van der Waals surface area contributed by atoms with E-state index in [1.165, 1.54) is 20.5 Å². The number of rotatable bonds is 1. The molecule has 0 N–H and O–H groups in total. The first-order chi connectivity index (χ1) is 6.24. The second-order valence-electron chi connectivity index (χ2n) is 3.11. The smallest absolute Gasteiger partial charge is 0.0584 e. The van der Waals surface area contributed by atoms with E-state index in [9.17, 15) is 0 Å². The molecule has 68 valence electrons. The minimum Gasteiger partial charge on any atom is -0.139 e. The lowest BCUT2D eigenvalue weighted by atomic mass is 10.1. The Bertz CT molecular complexity index is 443. The zero-order chi connectivity index (χ0) is 9.42. The van der Waals surface area contributed by atoms with Crippen LogP contribution in [0.3, 0.4) is 0 Å². The number of hydrogen-bond donors (Lipinski definition) is 0. The normalized spacial score (nSPS) is 11.0. The zero-order valence-electron chi connectivity index (χ0n) is 7.73. The van der Waals surface area contributed by atoms with Gasteiger partial charge in [-0.2, -0.15) is 0 Å². The van der Waals surface area contributed by atoms with Gasteiger partial charge < -0.3 is 0 Å². The van der Waals surface area contributed by atoms with Crippen molar-refractivity contribution in [3.63, 3.8) is 0 Å². The third kappa shape index (κ3) is 1.36. The van der Waals surface area contributed by atoms with Gasteiger partial charge in [0.2, 0.25) is 0 Å². The molecule has 0 spiro atoms. The number of benzene rings is 1. The van der Waals surface area contributed by atoms with Crippen LogP contribution < -0.4 is 0 Å².